The summed E-state index contributed by atoms with van der Waals surface area (Å²) in [5.74, 6) is 4.67. The molecule has 9 aromatic heterocycles. The minimum Gasteiger partial charge on any atom is -0.461 e. The van der Waals surface area contributed by atoms with E-state index < -0.39 is 15.0 Å². The van der Waals surface area contributed by atoms with Crippen LogP contribution in [0.25, 0.3) is 52.1 Å². The molecule has 2 aliphatic rings. The van der Waals surface area contributed by atoms with Crippen LogP contribution in [0.5, 0.6) is 0 Å². The number of sulfone groups is 1. The molecule has 0 saturated carbocycles. The fourth-order valence-electron chi connectivity index (χ4n) is 10.0. The molecule has 2 fully saturated rings. The molecule has 516 valence electrons. The van der Waals surface area contributed by atoms with Crippen molar-refractivity contribution in [1.82, 2.24) is 83.5 Å². The molecule has 3 aromatic carbocycles. The Labute approximate surface area is 566 Å². The average molecular weight is 1370 g/mol. The Balaban J connectivity index is 0.000000138. The van der Waals surface area contributed by atoms with Crippen molar-refractivity contribution in [3.63, 3.8) is 0 Å². The number of furan rings is 3. The Hall–Kier alpha value is -11.4. The van der Waals surface area contributed by atoms with Gasteiger partial charge < -0.3 is 67.3 Å². The number of morpholine rings is 2. The predicted molar refractivity (Wildman–Crippen MR) is 367 cm³/mol. The predicted octanol–water partition coefficient (Wildman–Crippen LogP) is 4.06. The van der Waals surface area contributed by atoms with Crippen molar-refractivity contribution < 1.29 is 40.7 Å². The first kappa shape index (κ1) is 69.0. The van der Waals surface area contributed by atoms with E-state index in [2.05, 4.69) is 98.0 Å². The summed E-state index contributed by atoms with van der Waals surface area (Å²) in [6.07, 6.45) is 9.57. The Morgan fingerprint density at radius 2 is 0.909 bits per heavy atom. The number of nitrogen functional groups attached to an aromatic ring is 4. The van der Waals surface area contributed by atoms with E-state index in [1.165, 1.54) is 26.4 Å². The van der Waals surface area contributed by atoms with Gasteiger partial charge >= 0.3 is 0 Å². The van der Waals surface area contributed by atoms with Crippen LogP contribution in [0.1, 0.15) is 35.1 Å². The number of ketones is 1. The van der Waals surface area contributed by atoms with Gasteiger partial charge in [0.2, 0.25) is 63.0 Å². The van der Waals surface area contributed by atoms with Gasteiger partial charge in [-0.25, -0.2) is 8.42 Å². The molecule has 11 heterocycles. The van der Waals surface area contributed by atoms with Crippen molar-refractivity contribution in [2.75, 3.05) is 130 Å². The minimum absolute atomic E-state index is 0.0410. The van der Waals surface area contributed by atoms with Crippen molar-refractivity contribution in [3.05, 3.63) is 150 Å². The topological polar surface area (TPSA) is 467 Å². The second-order valence-corrected chi connectivity index (χ2v) is 24.5. The van der Waals surface area contributed by atoms with Crippen LogP contribution in [0.3, 0.4) is 0 Å². The number of carbonyl (C=O) groups excluding carboxylic acids is 2. The van der Waals surface area contributed by atoms with Crippen LogP contribution in [0.2, 0.25) is 0 Å². The molecule has 0 spiro atoms. The highest BCUT2D eigenvalue weighted by atomic mass is 32.2. The number of Topliss-reactive ketones (excluding diaryl/α,β-unsaturated/α-hetero) is 1. The van der Waals surface area contributed by atoms with Gasteiger partial charge in [0, 0.05) is 89.3 Å². The quantitative estimate of drug-likeness (QED) is 0.0418. The van der Waals surface area contributed by atoms with E-state index in [-0.39, 0.29) is 41.1 Å². The van der Waals surface area contributed by atoms with Gasteiger partial charge in [0.15, 0.2) is 17.3 Å². The zero-order valence-corrected chi connectivity index (χ0v) is 54.9. The molecule has 2 aliphatic heterocycles. The van der Waals surface area contributed by atoms with E-state index in [4.69, 9.17) is 51.4 Å². The van der Waals surface area contributed by atoms with Gasteiger partial charge in [-0.15, -0.1) is 15.3 Å². The summed E-state index contributed by atoms with van der Waals surface area (Å²) in [6, 6.07) is 34.2. The van der Waals surface area contributed by atoms with Gasteiger partial charge in [-0.2, -0.15) is 58.4 Å². The van der Waals surface area contributed by atoms with Gasteiger partial charge in [-0.05, 0) is 109 Å². The van der Waals surface area contributed by atoms with Crippen LogP contribution in [0.4, 0.5) is 41.1 Å². The third-order valence-electron chi connectivity index (χ3n) is 15.3. The van der Waals surface area contributed by atoms with Crippen molar-refractivity contribution in [2.24, 2.45) is 5.73 Å². The van der Waals surface area contributed by atoms with Gasteiger partial charge in [-0.3, -0.25) is 19.4 Å². The number of aromatic nitrogens is 15. The maximum atomic E-state index is 12.3. The number of amides is 1. The highest BCUT2D eigenvalue weighted by molar-refractivity contribution is 7.90. The summed E-state index contributed by atoms with van der Waals surface area (Å²) in [4.78, 5) is 66.2. The van der Waals surface area contributed by atoms with Crippen LogP contribution in [0, 0.1) is 0 Å². The molecule has 12 aromatic rings. The van der Waals surface area contributed by atoms with Crippen LogP contribution in [0.15, 0.2) is 146 Å². The number of benzene rings is 3. The molecule has 0 atom stereocenters. The van der Waals surface area contributed by atoms with Crippen LogP contribution >= 0.6 is 0 Å². The summed E-state index contributed by atoms with van der Waals surface area (Å²) in [5.41, 5.74) is 34.9. The summed E-state index contributed by atoms with van der Waals surface area (Å²) in [6.45, 7) is 10.2. The zero-order valence-electron chi connectivity index (χ0n) is 54.1. The molecule has 34 nitrogen and oxygen atoms in total. The number of fused-ring (bicyclic) bond motifs is 3. The average Bonchev–Trinajstić information content (AvgIpc) is 1.68. The normalized spacial score (nSPS) is 13.4. The fourth-order valence-corrected chi connectivity index (χ4v) is 10.6. The van der Waals surface area contributed by atoms with Crippen molar-refractivity contribution in [2.45, 2.75) is 43.7 Å². The SMILES string of the molecule is CS(=O)(=O)c1nc(N)n2nc(-c3ccco3)nc2n1.NCCc1ccc(NC(=O)CCN2CCOCC2)cc1.Nc1ccc(CCNc2nc(N)n3nc(-c4ccco4)nc3n2)cc1.Nc1nc(NCCc2ccc(CC(=O)CCN3CCOCC3)cc2)nc2nc(-c3ccco3)nn12. The molecule has 35 heteroatoms. The standard InChI is InChI=1S/C24H28N8O3.C16H16N8O.C15H23N3O2.C9H8N6O3S/c25-22-28-23(29-24-27-21(30-32(22)24)20-2-1-13-35-20)26-9-7-17-3-5-18(6-4-17)16-19(33)8-10-31-11-14-34-15-12-31;17-11-5-3-10(4-6-11)7-8-19-15-21-14(18)24-16(22-15)20-13(23-24)12-2-1-9-25-12;16-7-5-13-1-3-14(4-2-13)17-15(19)6-8-18-9-11-20-12-10-18;1-19(16,17)9-12-7(10)15-8(13-9)11-6(14-15)5-3-2-4-18-5/h1-6,13H,7-12,14-16H2,(H3,25,26,27,28,29,30);1-6,9H,7-8,17H2,(H3,18,19,20,21,22,23);1-4H,5-12,16H2,(H,17,19);2-4H,1H3,(H2,10,11,12,13,14). The largest absolute Gasteiger partial charge is 0.461 e. The fraction of sp³-hybridized carbons (Fsp3) is 0.312. The maximum Gasteiger partial charge on any atom is 0.259 e. The molecule has 1 amide bonds. The molecular formula is C64H75N25O9S. The van der Waals surface area contributed by atoms with E-state index in [9.17, 15) is 18.0 Å². The lowest BCUT2D eigenvalue weighted by Gasteiger charge is -2.26. The Kier molecular flexibility index (Phi) is 23.0. The molecule has 13 N–H and O–H groups in total. The molecule has 0 unspecified atom stereocenters. The minimum atomic E-state index is -3.57. The molecule has 2 saturated heterocycles. The first-order chi connectivity index (χ1) is 48.0. The first-order valence-corrected chi connectivity index (χ1v) is 33.6. The number of hydrogen-bond donors (Lipinski definition) is 8. The second kappa shape index (κ2) is 33.1. The monoisotopic (exact) mass is 1370 g/mol. The highest BCUT2D eigenvalue weighted by Gasteiger charge is 2.21. The molecule has 0 bridgehead atoms. The molecule has 14 rings (SSSR count). The number of hydrogen-bond acceptors (Lipinski definition) is 30. The molecule has 0 aliphatic carbocycles. The van der Waals surface area contributed by atoms with Gasteiger partial charge in [-0.1, -0.05) is 48.5 Å². The number of nitrogens with two attached hydrogens (primary N) is 5. The van der Waals surface area contributed by atoms with E-state index >= 15 is 0 Å². The number of rotatable bonds is 23. The summed E-state index contributed by atoms with van der Waals surface area (Å²) in [5, 5.41) is 21.5. The third-order valence-corrected chi connectivity index (χ3v) is 16.1. The summed E-state index contributed by atoms with van der Waals surface area (Å²) < 4.78 is 53.1. The van der Waals surface area contributed by atoms with Crippen LogP contribution < -0.4 is 44.6 Å². The highest BCUT2D eigenvalue weighted by Crippen LogP contribution is 2.22. The number of nitrogens with one attached hydrogen (secondary N) is 3. The van der Waals surface area contributed by atoms with E-state index in [0.29, 0.717) is 91.3 Å². The smallest absolute Gasteiger partial charge is 0.259 e. The number of carbonyl (C=O) groups is 2. The maximum absolute atomic E-state index is 12.3. The summed E-state index contributed by atoms with van der Waals surface area (Å²) in [7, 11) is -3.57. The Bertz CT molecular complexity index is 4670. The van der Waals surface area contributed by atoms with Gasteiger partial charge in [0.25, 0.3) is 22.5 Å². The zero-order chi connectivity index (χ0) is 69.1. The van der Waals surface area contributed by atoms with Crippen molar-refractivity contribution in [1.29, 1.82) is 0 Å². The lowest BCUT2D eigenvalue weighted by atomic mass is 10.0. The Morgan fingerprint density at radius 1 is 0.495 bits per heavy atom. The molecule has 99 heavy (non-hydrogen) atoms. The van der Waals surface area contributed by atoms with Gasteiger partial charge in [0.1, 0.15) is 5.78 Å². The molecule has 0 radical (unpaired) electrons. The Morgan fingerprint density at radius 3 is 1.35 bits per heavy atom. The van der Waals surface area contributed by atoms with E-state index in [0.717, 1.165) is 118 Å². The summed E-state index contributed by atoms with van der Waals surface area (Å²) >= 11 is 0. The second-order valence-electron chi connectivity index (χ2n) is 22.6. The van der Waals surface area contributed by atoms with Crippen molar-refractivity contribution in [3.8, 4) is 34.8 Å². The van der Waals surface area contributed by atoms with Crippen molar-refractivity contribution >= 4 is 80.0 Å². The van der Waals surface area contributed by atoms with Gasteiger partial charge in [0.05, 0.1) is 45.2 Å². The first-order valence-electron chi connectivity index (χ1n) is 31.7. The van der Waals surface area contributed by atoms with Crippen LogP contribution in [-0.4, -0.2) is 195 Å². The lowest BCUT2D eigenvalue weighted by molar-refractivity contribution is -0.119. The number of anilines is 7. The third kappa shape index (κ3) is 19.4. The number of nitrogens with zero attached hydrogens (tertiary/aromatic N) is 17. The van der Waals surface area contributed by atoms with Crippen LogP contribution in [-0.2, 0) is 54.6 Å². The van der Waals surface area contributed by atoms with E-state index in [1.54, 1.807) is 48.9 Å². The number of ether oxygens (including phenoxy) is 2. The lowest BCUT2D eigenvalue weighted by Crippen LogP contribution is -2.38. The molecular weight excluding hydrogens is 1290 g/mol. The van der Waals surface area contributed by atoms with E-state index in [1.807, 2.05) is 60.7 Å².